The van der Waals surface area contributed by atoms with E-state index in [1.165, 1.54) is 6.07 Å². The first kappa shape index (κ1) is 10.9. The van der Waals surface area contributed by atoms with Crippen molar-refractivity contribution in [2.75, 3.05) is 11.9 Å². The maximum absolute atomic E-state index is 13.7. The second-order valence-corrected chi connectivity index (χ2v) is 4.00. The standard InChI is InChI=1S/C13H15FN2/c1-4-15-13-9(3)7-10-5-8(2)6-11(14)12(10)16-13/h5-7H,4H2,1-3H3,(H,15,16). The number of hydrogen-bond acceptors (Lipinski definition) is 2. The molecule has 1 aromatic carbocycles. The van der Waals surface area contributed by atoms with E-state index in [2.05, 4.69) is 10.3 Å². The molecule has 2 rings (SSSR count). The molecule has 2 nitrogen and oxygen atoms in total. The largest absolute Gasteiger partial charge is 0.370 e. The van der Waals surface area contributed by atoms with E-state index in [4.69, 9.17) is 0 Å². The van der Waals surface area contributed by atoms with E-state index in [0.717, 1.165) is 28.9 Å². The summed E-state index contributed by atoms with van der Waals surface area (Å²) in [5.74, 6) is 0.506. The van der Waals surface area contributed by atoms with Gasteiger partial charge in [0.1, 0.15) is 17.2 Å². The van der Waals surface area contributed by atoms with Gasteiger partial charge in [0.05, 0.1) is 0 Å². The first-order valence-corrected chi connectivity index (χ1v) is 5.43. The molecule has 0 aliphatic heterocycles. The van der Waals surface area contributed by atoms with Gasteiger partial charge in [0.2, 0.25) is 0 Å². The van der Waals surface area contributed by atoms with Crippen molar-refractivity contribution in [3.8, 4) is 0 Å². The SMILES string of the molecule is CCNc1nc2c(F)cc(C)cc2cc1C. The fourth-order valence-corrected chi connectivity index (χ4v) is 1.84. The molecule has 2 aromatic rings. The van der Waals surface area contributed by atoms with Gasteiger partial charge in [0, 0.05) is 11.9 Å². The van der Waals surface area contributed by atoms with Crippen LogP contribution in [0.25, 0.3) is 10.9 Å². The number of rotatable bonds is 2. The Morgan fingerprint density at radius 1 is 1.25 bits per heavy atom. The highest BCUT2D eigenvalue weighted by molar-refractivity contribution is 5.82. The lowest BCUT2D eigenvalue weighted by Crippen LogP contribution is -2.02. The number of hydrogen-bond donors (Lipinski definition) is 1. The molecule has 0 atom stereocenters. The highest BCUT2D eigenvalue weighted by Gasteiger charge is 2.07. The van der Waals surface area contributed by atoms with Crippen LogP contribution in [0.2, 0.25) is 0 Å². The van der Waals surface area contributed by atoms with Gasteiger partial charge in [0.15, 0.2) is 0 Å². The molecule has 0 spiro atoms. The molecule has 0 aliphatic carbocycles. The lowest BCUT2D eigenvalue weighted by atomic mass is 10.1. The van der Waals surface area contributed by atoms with Crippen molar-refractivity contribution in [2.24, 2.45) is 0 Å². The lowest BCUT2D eigenvalue weighted by molar-refractivity contribution is 0.635. The van der Waals surface area contributed by atoms with E-state index in [1.807, 2.05) is 32.9 Å². The summed E-state index contributed by atoms with van der Waals surface area (Å²) in [5.41, 5.74) is 2.40. The fourth-order valence-electron chi connectivity index (χ4n) is 1.84. The van der Waals surface area contributed by atoms with Gasteiger partial charge in [-0.05, 0) is 50.1 Å². The minimum absolute atomic E-state index is 0.255. The number of pyridine rings is 1. The van der Waals surface area contributed by atoms with Crippen LogP contribution in [-0.2, 0) is 0 Å². The van der Waals surface area contributed by atoms with Crippen molar-refractivity contribution in [3.63, 3.8) is 0 Å². The molecule has 84 valence electrons. The van der Waals surface area contributed by atoms with E-state index in [1.54, 1.807) is 0 Å². The van der Waals surface area contributed by atoms with Crippen molar-refractivity contribution in [1.82, 2.24) is 4.98 Å². The molecule has 16 heavy (non-hydrogen) atoms. The van der Waals surface area contributed by atoms with E-state index in [0.29, 0.717) is 5.52 Å². The van der Waals surface area contributed by atoms with Gasteiger partial charge in [-0.1, -0.05) is 0 Å². The van der Waals surface area contributed by atoms with E-state index < -0.39 is 0 Å². The molecule has 0 aliphatic rings. The van der Waals surface area contributed by atoms with Gasteiger partial charge < -0.3 is 5.32 Å². The topological polar surface area (TPSA) is 24.9 Å². The summed E-state index contributed by atoms with van der Waals surface area (Å²) in [4.78, 5) is 4.32. The van der Waals surface area contributed by atoms with Crippen LogP contribution >= 0.6 is 0 Å². The number of fused-ring (bicyclic) bond motifs is 1. The van der Waals surface area contributed by atoms with E-state index >= 15 is 0 Å². The maximum atomic E-state index is 13.7. The van der Waals surface area contributed by atoms with Crippen molar-refractivity contribution in [2.45, 2.75) is 20.8 Å². The Morgan fingerprint density at radius 3 is 2.69 bits per heavy atom. The predicted molar refractivity (Wildman–Crippen MR) is 65.3 cm³/mol. The monoisotopic (exact) mass is 218 g/mol. The zero-order chi connectivity index (χ0) is 11.7. The summed E-state index contributed by atoms with van der Waals surface area (Å²) < 4.78 is 13.7. The third-order valence-corrected chi connectivity index (χ3v) is 2.55. The van der Waals surface area contributed by atoms with Gasteiger partial charge in [-0.25, -0.2) is 9.37 Å². The van der Waals surface area contributed by atoms with Crippen LogP contribution in [0.15, 0.2) is 18.2 Å². The lowest BCUT2D eigenvalue weighted by Gasteiger charge is -2.09. The number of benzene rings is 1. The molecule has 0 saturated carbocycles. The van der Waals surface area contributed by atoms with Crippen molar-refractivity contribution >= 4 is 16.7 Å². The Balaban J connectivity index is 2.69. The van der Waals surface area contributed by atoms with Crippen LogP contribution in [0.1, 0.15) is 18.1 Å². The molecule has 1 heterocycles. The molecular weight excluding hydrogens is 203 g/mol. The molecule has 1 N–H and O–H groups in total. The Bertz CT molecular complexity index is 535. The fraction of sp³-hybridized carbons (Fsp3) is 0.308. The normalized spacial score (nSPS) is 10.8. The van der Waals surface area contributed by atoms with Gasteiger partial charge in [-0.2, -0.15) is 0 Å². The summed E-state index contributed by atoms with van der Waals surface area (Å²) >= 11 is 0. The van der Waals surface area contributed by atoms with Crippen LogP contribution in [0.3, 0.4) is 0 Å². The van der Waals surface area contributed by atoms with E-state index in [9.17, 15) is 4.39 Å². The van der Waals surface area contributed by atoms with Crippen molar-refractivity contribution in [3.05, 3.63) is 35.1 Å². The van der Waals surface area contributed by atoms with Gasteiger partial charge in [-0.3, -0.25) is 0 Å². The van der Waals surface area contributed by atoms with Gasteiger partial charge in [0.25, 0.3) is 0 Å². The number of halogens is 1. The quantitative estimate of drug-likeness (QED) is 0.835. The summed E-state index contributed by atoms with van der Waals surface area (Å²) in [6.07, 6.45) is 0. The number of anilines is 1. The molecule has 3 heteroatoms. The number of aromatic nitrogens is 1. The molecule has 0 saturated heterocycles. The van der Waals surface area contributed by atoms with Crippen molar-refractivity contribution in [1.29, 1.82) is 0 Å². The Morgan fingerprint density at radius 2 is 2.00 bits per heavy atom. The zero-order valence-electron chi connectivity index (χ0n) is 9.76. The van der Waals surface area contributed by atoms with Crippen LogP contribution in [0.5, 0.6) is 0 Å². The first-order valence-electron chi connectivity index (χ1n) is 5.43. The third-order valence-electron chi connectivity index (χ3n) is 2.55. The highest BCUT2D eigenvalue weighted by atomic mass is 19.1. The molecule has 1 aromatic heterocycles. The molecular formula is C13H15FN2. The van der Waals surface area contributed by atoms with Gasteiger partial charge >= 0.3 is 0 Å². The van der Waals surface area contributed by atoms with Crippen LogP contribution < -0.4 is 5.32 Å². The summed E-state index contributed by atoms with van der Waals surface area (Å²) in [7, 11) is 0. The summed E-state index contributed by atoms with van der Waals surface area (Å²) in [6.45, 7) is 6.64. The second kappa shape index (κ2) is 4.08. The smallest absolute Gasteiger partial charge is 0.149 e. The molecule has 0 unspecified atom stereocenters. The summed E-state index contributed by atoms with van der Waals surface area (Å²) in [5, 5.41) is 3.99. The second-order valence-electron chi connectivity index (χ2n) is 4.00. The van der Waals surface area contributed by atoms with Gasteiger partial charge in [-0.15, -0.1) is 0 Å². The first-order chi connectivity index (χ1) is 7.61. The highest BCUT2D eigenvalue weighted by Crippen LogP contribution is 2.23. The molecule has 0 bridgehead atoms. The number of aryl methyl sites for hydroxylation is 2. The molecule has 0 fully saturated rings. The zero-order valence-corrected chi connectivity index (χ0v) is 9.76. The Labute approximate surface area is 94.5 Å². The van der Waals surface area contributed by atoms with Crippen LogP contribution in [0, 0.1) is 19.7 Å². The van der Waals surface area contributed by atoms with Crippen molar-refractivity contribution < 1.29 is 4.39 Å². The number of nitrogens with zero attached hydrogens (tertiary/aromatic N) is 1. The average molecular weight is 218 g/mol. The minimum Gasteiger partial charge on any atom is -0.370 e. The Kier molecular flexibility index (Phi) is 2.77. The van der Waals surface area contributed by atoms with Crippen LogP contribution in [-0.4, -0.2) is 11.5 Å². The maximum Gasteiger partial charge on any atom is 0.149 e. The van der Waals surface area contributed by atoms with Crippen LogP contribution in [0.4, 0.5) is 10.2 Å². The molecule has 0 radical (unpaired) electrons. The van der Waals surface area contributed by atoms with E-state index in [-0.39, 0.29) is 5.82 Å². The minimum atomic E-state index is -0.255. The molecule has 0 amide bonds. The number of nitrogens with one attached hydrogen (secondary N) is 1. The predicted octanol–water partition coefficient (Wildman–Crippen LogP) is 3.42. The third kappa shape index (κ3) is 1.85. The summed E-state index contributed by atoms with van der Waals surface area (Å²) in [6, 6.07) is 5.44. The average Bonchev–Trinajstić information content (AvgIpc) is 2.20. The Hall–Kier alpha value is -1.64.